The highest BCUT2D eigenvalue weighted by Crippen LogP contribution is 1.98. The van der Waals surface area contributed by atoms with E-state index in [1.165, 1.54) is 0 Å². The summed E-state index contributed by atoms with van der Waals surface area (Å²) in [5.74, 6) is 0. The maximum Gasteiger partial charge on any atom is 0.252 e. The van der Waals surface area contributed by atoms with Crippen LogP contribution in [0.4, 0.5) is 0 Å². The van der Waals surface area contributed by atoms with E-state index in [0.29, 0.717) is 5.56 Å². The fourth-order valence-corrected chi connectivity index (χ4v) is 0.644. The molecule has 1 heterocycles. The summed E-state index contributed by atoms with van der Waals surface area (Å²) in [5, 5.41) is -0.427. The SMILES string of the molecule is O=C(Cl)c1cc[nH+]cc1. The predicted octanol–water partition coefficient (Wildman–Crippen LogP) is 0.880. The van der Waals surface area contributed by atoms with Gasteiger partial charge in [-0.1, -0.05) is 0 Å². The van der Waals surface area contributed by atoms with Crippen LogP contribution >= 0.6 is 11.6 Å². The van der Waals surface area contributed by atoms with Gasteiger partial charge in [0.1, 0.15) is 0 Å². The number of hydrogen-bond acceptors (Lipinski definition) is 1. The molecule has 0 aromatic carbocycles. The van der Waals surface area contributed by atoms with E-state index < -0.39 is 5.24 Å². The Labute approximate surface area is 57.5 Å². The van der Waals surface area contributed by atoms with Crippen molar-refractivity contribution in [3.05, 3.63) is 30.1 Å². The first kappa shape index (κ1) is 6.23. The lowest BCUT2D eigenvalue weighted by Crippen LogP contribution is -1.99. The van der Waals surface area contributed by atoms with Crippen LogP contribution in [-0.2, 0) is 0 Å². The lowest BCUT2D eigenvalue weighted by molar-refractivity contribution is -0.378. The van der Waals surface area contributed by atoms with Crippen molar-refractivity contribution in [2.75, 3.05) is 0 Å². The molecule has 0 radical (unpaired) electrons. The first-order chi connectivity index (χ1) is 4.30. The second kappa shape index (κ2) is 2.60. The quantitative estimate of drug-likeness (QED) is 0.536. The molecule has 0 saturated heterocycles. The van der Waals surface area contributed by atoms with Crippen molar-refractivity contribution < 1.29 is 9.78 Å². The summed E-state index contributed by atoms with van der Waals surface area (Å²) >= 11 is 5.15. The zero-order valence-electron chi connectivity index (χ0n) is 4.60. The Kier molecular flexibility index (Phi) is 1.80. The summed E-state index contributed by atoms with van der Waals surface area (Å²) in [4.78, 5) is 13.2. The van der Waals surface area contributed by atoms with Crippen LogP contribution in [0.3, 0.4) is 0 Å². The molecular weight excluding hydrogens is 138 g/mol. The van der Waals surface area contributed by atoms with Crippen molar-refractivity contribution in [1.29, 1.82) is 0 Å². The number of H-pyrrole nitrogens is 1. The number of halogens is 1. The van der Waals surface area contributed by atoms with Gasteiger partial charge in [-0.15, -0.1) is 0 Å². The van der Waals surface area contributed by atoms with Gasteiger partial charge in [-0.25, -0.2) is 4.98 Å². The number of carbonyl (C=O) groups excluding carboxylic acids is 1. The molecule has 1 aromatic heterocycles. The molecule has 0 aliphatic carbocycles. The van der Waals surface area contributed by atoms with Gasteiger partial charge in [0.2, 0.25) is 0 Å². The zero-order valence-corrected chi connectivity index (χ0v) is 5.35. The zero-order chi connectivity index (χ0) is 6.69. The van der Waals surface area contributed by atoms with Crippen molar-refractivity contribution in [2.45, 2.75) is 0 Å². The number of aromatic nitrogens is 1. The van der Waals surface area contributed by atoms with Gasteiger partial charge in [0.05, 0.1) is 0 Å². The van der Waals surface area contributed by atoms with E-state index in [0.717, 1.165) is 0 Å². The maximum atomic E-state index is 10.4. The van der Waals surface area contributed by atoms with Crippen molar-refractivity contribution >= 4 is 16.8 Å². The molecule has 46 valence electrons. The van der Waals surface area contributed by atoms with Crippen molar-refractivity contribution in [2.24, 2.45) is 0 Å². The van der Waals surface area contributed by atoms with E-state index in [2.05, 4.69) is 4.98 Å². The Morgan fingerprint density at radius 1 is 1.44 bits per heavy atom. The van der Waals surface area contributed by atoms with Gasteiger partial charge in [0, 0.05) is 17.7 Å². The van der Waals surface area contributed by atoms with Crippen LogP contribution < -0.4 is 4.98 Å². The highest BCUT2D eigenvalue weighted by Gasteiger charge is 1.98. The van der Waals surface area contributed by atoms with E-state index in [4.69, 9.17) is 11.6 Å². The third-order valence-corrected chi connectivity index (χ3v) is 1.16. The van der Waals surface area contributed by atoms with E-state index in [-0.39, 0.29) is 0 Å². The van der Waals surface area contributed by atoms with Crippen molar-refractivity contribution in [3.63, 3.8) is 0 Å². The molecule has 0 saturated carbocycles. The van der Waals surface area contributed by atoms with E-state index in [1.807, 2.05) is 0 Å². The summed E-state index contributed by atoms with van der Waals surface area (Å²) in [6, 6.07) is 3.24. The number of aromatic amines is 1. The minimum absolute atomic E-state index is 0.427. The van der Waals surface area contributed by atoms with Gasteiger partial charge in [0.25, 0.3) is 5.24 Å². The van der Waals surface area contributed by atoms with Crippen LogP contribution in [-0.4, -0.2) is 5.24 Å². The van der Waals surface area contributed by atoms with Gasteiger partial charge >= 0.3 is 0 Å². The Balaban J connectivity index is 2.98. The Hall–Kier alpha value is -0.890. The number of carbonyl (C=O) groups is 1. The van der Waals surface area contributed by atoms with E-state index in [1.54, 1.807) is 24.5 Å². The number of hydrogen-bond donors (Lipinski definition) is 0. The Bertz CT molecular complexity index is 210. The van der Waals surface area contributed by atoms with E-state index in [9.17, 15) is 4.79 Å². The maximum absolute atomic E-state index is 10.4. The van der Waals surface area contributed by atoms with Crippen LogP contribution in [0.25, 0.3) is 0 Å². The molecule has 0 aliphatic rings. The second-order valence-electron chi connectivity index (χ2n) is 1.56. The highest BCUT2D eigenvalue weighted by molar-refractivity contribution is 6.67. The molecule has 0 aliphatic heterocycles. The number of pyridine rings is 1. The molecule has 0 atom stereocenters. The molecule has 0 spiro atoms. The monoisotopic (exact) mass is 142 g/mol. The van der Waals surface area contributed by atoms with Crippen LogP contribution in [0, 0.1) is 0 Å². The first-order valence-corrected chi connectivity index (χ1v) is 2.84. The Morgan fingerprint density at radius 3 is 2.33 bits per heavy atom. The fourth-order valence-electron chi connectivity index (χ4n) is 0.518. The van der Waals surface area contributed by atoms with Gasteiger partial charge in [-0.05, 0) is 11.6 Å². The average Bonchev–Trinajstić information content (AvgIpc) is 1.90. The molecule has 2 nitrogen and oxygen atoms in total. The van der Waals surface area contributed by atoms with Crippen molar-refractivity contribution in [3.8, 4) is 0 Å². The standard InChI is InChI=1S/C6H4ClNO/c7-6(9)5-1-3-8-4-2-5/h1-4H/p+1. The largest absolute Gasteiger partial charge is 0.276 e. The summed E-state index contributed by atoms with van der Waals surface area (Å²) < 4.78 is 0. The molecule has 0 bridgehead atoms. The topological polar surface area (TPSA) is 31.2 Å². The smallest absolute Gasteiger partial charge is 0.252 e. The van der Waals surface area contributed by atoms with Gasteiger partial charge < -0.3 is 0 Å². The normalized spacial score (nSPS) is 9.00. The lowest BCUT2D eigenvalue weighted by Gasteiger charge is -1.83. The Morgan fingerprint density at radius 2 is 2.00 bits per heavy atom. The van der Waals surface area contributed by atoms with Gasteiger partial charge in [0.15, 0.2) is 12.4 Å². The molecular formula is C6H5ClNO+. The second-order valence-corrected chi connectivity index (χ2v) is 1.91. The summed E-state index contributed by atoms with van der Waals surface area (Å²) in [6.07, 6.45) is 3.30. The summed E-state index contributed by atoms with van der Waals surface area (Å²) in [7, 11) is 0. The lowest BCUT2D eigenvalue weighted by atomic mass is 10.3. The fraction of sp³-hybridized carbons (Fsp3) is 0. The molecule has 1 N–H and O–H groups in total. The van der Waals surface area contributed by atoms with E-state index >= 15 is 0 Å². The summed E-state index contributed by atoms with van der Waals surface area (Å²) in [5.41, 5.74) is 0.510. The molecule has 1 rings (SSSR count). The molecule has 9 heavy (non-hydrogen) atoms. The minimum Gasteiger partial charge on any atom is -0.276 e. The average molecular weight is 143 g/mol. The molecule has 1 aromatic rings. The predicted molar refractivity (Wildman–Crippen MR) is 33.2 cm³/mol. The molecule has 0 amide bonds. The van der Waals surface area contributed by atoms with Gasteiger partial charge in [-0.2, -0.15) is 0 Å². The molecule has 3 heteroatoms. The first-order valence-electron chi connectivity index (χ1n) is 2.46. The highest BCUT2D eigenvalue weighted by atomic mass is 35.5. The van der Waals surface area contributed by atoms with Crippen LogP contribution in [0.5, 0.6) is 0 Å². The molecule has 0 fully saturated rings. The van der Waals surface area contributed by atoms with Crippen LogP contribution in [0.15, 0.2) is 24.5 Å². The summed E-state index contributed by atoms with van der Waals surface area (Å²) in [6.45, 7) is 0. The van der Waals surface area contributed by atoms with Crippen LogP contribution in [0.1, 0.15) is 10.4 Å². The molecule has 0 unspecified atom stereocenters. The minimum atomic E-state index is -0.427. The van der Waals surface area contributed by atoms with Gasteiger partial charge in [-0.3, -0.25) is 4.79 Å². The third kappa shape index (κ3) is 1.50. The number of rotatable bonds is 1. The number of nitrogens with one attached hydrogen (secondary N) is 1. The van der Waals surface area contributed by atoms with Crippen LogP contribution in [0.2, 0.25) is 0 Å². The van der Waals surface area contributed by atoms with Crippen molar-refractivity contribution in [1.82, 2.24) is 0 Å². The third-order valence-electron chi connectivity index (χ3n) is 0.945.